The minimum atomic E-state index is -0.350. The molecule has 0 bridgehead atoms. The van der Waals surface area contributed by atoms with Crippen LogP contribution < -0.4 is 10.2 Å². The van der Waals surface area contributed by atoms with E-state index in [1.165, 1.54) is 0 Å². The van der Waals surface area contributed by atoms with E-state index in [1.54, 1.807) is 4.90 Å². The fourth-order valence-corrected chi connectivity index (χ4v) is 5.89. The zero-order valence-electron chi connectivity index (χ0n) is 23.2. The molecular weight excluding hydrogens is 504 g/mol. The van der Waals surface area contributed by atoms with Crippen LogP contribution in [-0.4, -0.2) is 41.4 Å². The van der Waals surface area contributed by atoms with Crippen molar-refractivity contribution in [3.05, 3.63) is 83.2 Å². The summed E-state index contributed by atoms with van der Waals surface area (Å²) in [5, 5.41) is 8.92. The van der Waals surface area contributed by atoms with E-state index in [0.29, 0.717) is 31.0 Å². The summed E-state index contributed by atoms with van der Waals surface area (Å²) in [6, 6.07) is 20.3. The summed E-state index contributed by atoms with van der Waals surface area (Å²) < 4.78 is 13.1. The molecule has 6 rings (SSSR count). The topological polar surface area (TPSA) is 89.6 Å². The quantitative estimate of drug-likeness (QED) is 0.259. The van der Waals surface area contributed by atoms with Crippen molar-refractivity contribution in [1.29, 1.82) is 0 Å². The molecule has 0 aliphatic carbocycles. The number of amides is 2. The minimum absolute atomic E-state index is 0.0333. The number of cyclic esters (lactones) is 1. The highest BCUT2D eigenvalue weighted by Gasteiger charge is 2.27. The van der Waals surface area contributed by atoms with E-state index in [4.69, 9.17) is 9.26 Å². The first-order chi connectivity index (χ1) is 19.4. The van der Waals surface area contributed by atoms with Crippen LogP contribution in [0.4, 0.5) is 10.5 Å². The number of hydrogen-bond acceptors (Lipinski definition) is 5. The summed E-state index contributed by atoms with van der Waals surface area (Å²) in [6.45, 7) is 9.39. The molecule has 1 fully saturated rings. The van der Waals surface area contributed by atoms with E-state index < -0.39 is 0 Å². The number of benzene rings is 3. The van der Waals surface area contributed by atoms with Crippen LogP contribution in [0.3, 0.4) is 0 Å². The molecule has 1 N–H and O–H groups in total. The zero-order chi connectivity index (χ0) is 28.0. The Labute approximate surface area is 232 Å². The Morgan fingerprint density at radius 2 is 1.88 bits per heavy atom. The first kappa shape index (κ1) is 25.7. The predicted molar refractivity (Wildman–Crippen MR) is 156 cm³/mol. The Kier molecular flexibility index (Phi) is 6.54. The van der Waals surface area contributed by atoms with Crippen LogP contribution in [0, 0.1) is 13.8 Å². The first-order valence-corrected chi connectivity index (χ1v) is 13.7. The predicted octanol–water partition coefficient (Wildman–Crippen LogP) is 6.77. The van der Waals surface area contributed by atoms with E-state index in [2.05, 4.69) is 40.2 Å². The van der Waals surface area contributed by atoms with Gasteiger partial charge in [-0.3, -0.25) is 9.69 Å². The number of nitrogens with one attached hydrogen (secondary N) is 1. The SMILES string of the molecule is CCNC(=O)c1cc(-c2c(C)noc2C)cc2c1c1cc(N3CCCOC3=O)ccc1n2C(C)c1ccccc1. The Hall–Kier alpha value is -4.59. The van der Waals surface area contributed by atoms with Gasteiger partial charge < -0.3 is 19.1 Å². The lowest BCUT2D eigenvalue weighted by Crippen LogP contribution is -2.37. The van der Waals surface area contributed by atoms with Gasteiger partial charge in [-0.25, -0.2) is 4.79 Å². The van der Waals surface area contributed by atoms with Crippen molar-refractivity contribution >= 4 is 39.5 Å². The number of rotatable bonds is 6. The van der Waals surface area contributed by atoms with Gasteiger partial charge in [0.2, 0.25) is 0 Å². The standard InChI is InChI=1S/C32H32N4O4/c1-5-33-31(37)26-16-23(29-19(2)34-40-21(29)4)17-28-30(26)25-18-24(35-14-9-15-39-32(35)38)12-13-27(25)36(28)20(3)22-10-7-6-8-11-22/h6-8,10-13,16-18,20H,5,9,14-15H2,1-4H3,(H,33,37). The summed E-state index contributed by atoms with van der Waals surface area (Å²) in [7, 11) is 0. The monoisotopic (exact) mass is 536 g/mol. The third kappa shape index (κ3) is 4.20. The molecule has 8 nitrogen and oxygen atoms in total. The van der Waals surface area contributed by atoms with Crippen LogP contribution in [-0.2, 0) is 4.74 Å². The lowest BCUT2D eigenvalue weighted by atomic mass is 9.97. The number of fused-ring (bicyclic) bond motifs is 3. The van der Waals surface area contributed by atoms with Crippen molar-refractivity contribution in [3.63, 3.8) is 0 Å². The minimum Gasteiger partial charge on any atom is -0.449 e. The fourth-order valence-electron chi connectivity index (χ4n) is 5.89. The molecule has 204 valence electrons. The van der Waals surface area contributed by atoms with Gasteiger partial charge in [-0.1, -0.05) is 35.5 Å². The van der Waals surface area contributed by atoms with Crippen LogP contribution >= 0.6 is 0 Å². The summed E-state index contributed by atoms with van der Waals surface area (Å²) in [6.07, 6.45) is 0.415. The van der Waals surface area contributed by atoms with Crippen molar-refractivity contribution < 1.29 is 18.8 Å². The van der Waals surface area contributed by atoms with E-state index in [-0.39, 0.29) is 18.0 Å². The summed E-state index contributed by atoms with van der Waals surface area (Å²) in [4.78, 5) is 27.9. The number of nitrogens with zero attached hydrogens (tertiary/aromatic N) is 3. The smallest absolute Gasteiger partial charge is 0.414 e. The number of hydrogen-bond donors (Lipinski definition) is 1. The molecular formula is C32H32N4O4. The maximum Gasteiger partial charge on any atom is 0.414 e. The molecule has 3 aromatic carbocycles. The van der Waals surface area contributed by atoms with Crippen molar-refractivity contribution in [1.82, 2.24) is 15.0 Å². The molecule has 1 aliphatic rings. The summed E-state index contributed by atoms with van der Waals surface area (Å²) in [5.74, 6) is 0.540. The normalized spacial score (nSPS) is 14.5. The molecule has 0 radical (unpaired) electrons. The van der Waals surface area contributed by atoms with Gasteiger partial charge >= 0.3 is 6.09 Å². The number of carbonyl (C=O) groups excluding carboxylic acids is 2. The molecule has 1 aliphatic heterocycles. The van der Waals surface area contributed by atoms with Crippen LogP contribution in [0.1, 0.15) is 53.7 Å². The summed E-state index contributed by atoms with van der Waals surface area (Å²) >= 11 is 0. The highest BCUT2D eigenvalue weighted by Crippen LogP contribution is 2.41. The molecule has 8 heteroatoms. The molecule has 1 saturated heterocycles. The average molecular weight is 537 g/mol. The van der Waals surface area contributed by atoms with Gasteiger partial charge in [0.15, 0.2) is 0 Å². The van der Waals surface area contributed by atoms with Gasteiger partial charge in [-0.15, -0.1) is 0 Å². The van der Waals surface area contributed by atoms with E-state index >= 15 is 0 Å². The average Bonchev–Trinajstić information content (AvgIpc) is 3.48. The van der Waals surface area contributed by atoms with Crippen molar-refractivity contribution in [2.24, 2.45) is 0 Å². The second-order valence-corrected chi connectivity index (χ2v) is 10.3. The molecule has 3 heterocycles. The second kappa shape index (κ2) is 10.2. The van der Waals surface area contributed by atoms with Crippen LogP contribution in [0.5, 0.6) is 0 Å². The Morgan fingerprint density at radius 1 is 1.07 bits per heavy atom. The molecule has 0 saturated carbocycles. The number of ether oxygens (including phenoxy) is 1. The number of aromatic nitrogens is 2. The second-order valence-electron chi connectivity index (χ2n) is 10.3. The van der Waals surface area contributed by atoms with Crippen molar-refractivity contribution in [3.8, 4) is 11.1 Å². The van der Waals surface area contributed by atoms with Gasteiger partial charge in [0, 0.05) is 46.2 Å². The Morgan fingerprint density at radius 3 is 2.58 bits per heavy atom. The Balaban J connectivity index is 1.70. The van der Waals surface area contributed by atoms with Crippen molar-refractivity contribution in [2.75, 3.05) is 24.6 Å². The first-order valence-electron chi connectivity index (χ1n) is 13.7. The van der Waals surface area contributed by atoms with Gasteiger partial charge in [0.05, 0.1) is 23.9 Å². The van der Waals surface area contributed by atoms with Crippen LogP contribution in [0.2, 0.25) is 0 Å². The van der Waals surface area contributed by atoms with Gasteiger partial charge in [-0.2, -0.15) is 0 Å². The zero-order valence-corrected chi connectivity index (χ0v) is 23.2. The number of anilines is 1. The van der Waals surface area contributed by atoms with E-state index in [9.17, 15) is 9.59 Å². The fraction of sp³-hybridized carbons (Fsp3) is 0.281. The Bertz CT molecular complexity index is 1730. The van der Waals surface area contributed by atoms with Crippen molar-refractivity contribution in [2.45, 2.75) is 40.2 Å². The van der Waals surface area contributed by atoms with Gasteiger partial charge in [0.25, 0.3) is 5.91 Å². The highest BCUT2D eigenvalue weighted by molar-refractivity contribution is 6.20. The molecule has 2 aromatic heterocycles. The molecule has 40 heavy (non-hydrogen) atoms. The lowest BCUT2D eigenvalue weighted by molar-refractivity contribution is 0.0957. The van der Waals surface area contributed by atoms with Crippen LogP contribution in [0.15, 0.2) is 65.2 Å². The third-order valence-corrected chi connectivity index (χ3v) is 7.74. The van der Waals surface area contributed by atoms with Gasteiger partial charge in [-0.05, 0) is 75.6 Å². The number of carbonyl (C=O) groups is 2. The lowest BCUT2D eigenvalue weighted by Gasteiger charge is -2.26. The number of aryl methyl sites for hydroxylation is 2. The molecule has 1 unspecified atom stereocenters. The molecule has 2 amide bonds. The molecule has 5 aromatic rings. The van der Waals surface area contributed by atoms with E-state index in [1.807, 2.05) is 63.2 Å². The highest BCUT2D eigenvalue weighted by atomic mass is 16.6. The molecule has 1 atom stereocenters. The van der Waals surface area contributed by atoms with Crippen LogP contribution in [0.25, 0.3) is 32.9 Å². The van der Waals surface area contributed by atoms with Gasteiger partial charge in [0.1, 0.15) is 5.76 Å². The maximum absolute atomic E-state index is 13.6. The largest absolute Gasteiger partial charge is 0.449 e. The molecule has 0 spiro atoms. The summed E-state index contributed by atoms with van der Waals surface area (Å²) in [5.41, 5.74) is 6.88. The maximum atomic E-state index is 13.6. The van der Waals surface area contributed by atoms with E-state index in [0.717, 1.165) is 56.3 Å². The third-order valence-electron chi connectivity index (χ3n) is 7.74.